The predicted molar refractivity (Wildman–Crippen MR) is 91.8 cm³/mol. The van der Waals surface area contributed by atoms with Crippen LogP contribution in [0.15, 0.2) is 18.2 Å². The number of alkyl halides is 2. The molecule has 0 aliphatic heterocycles. The lowest BCUT2D eigenvalue weighted by molar-refractivity contribution is 0.437. The van der Waals surface area contributed by atoms with E-state index in [1.165, 1.54) is 36.8 Å². The smallest absolute Gasteiger partial charge is 0.100 e. The van der Waals surface area contributed by atoms with E-state index in [9.17, 15) is 0 Å². The van der Waals surface area contributed by atoms with Crippen molar-refractivity contribution in [3.8, 4) is 0 Å². The Balaban J connectivity index is 2.43. The molecule has 1 rings (SSSR count). The molecule has 0 saturated carbocycles. The first-order valence-electron chi connectivity index (χ1n) is 7.77. The molecule has 114 valence electrons. The first-order valence-corrected chi connectivity index (χ1v) is 8.65. The van der Waals surface area contributed by atoms with Crippen LogP contribution in [0.3, 0.4) is 0 Å². The molecular formula is C18H28Cl2. The summed E-state index contributed by atoms with van der Waals surface area (Å²) >= 11 is 12.0. The van der Waals surface area contributed by atoms with Crippen LogP contribution < -0.4 is 0 Å². The van der Waals surface area contributed by atoms with Crippen molar-refractivity contribution in [1.82, 2.24) is 0 Å². The van der Waals surface area contributed by atoms with Gasteiger partial charge in [0.15, 0.2) is 0 Å². The quantitative estimate of drug-likeness (QED) is 0.459. The minimum absolute atomic E-state index is 0.418. The molecule has 1 atom stereocenters. The lowest BCUT2D eigenvalue weighted by Crippen LogP contribution is -2.00. The summed E-state index contributed by atoms with van der Waals surface area (Å²) in [5, 5.41) is 0. The molecule has 1 unspecified atom stereocenters. The van der Waals surface area contributed by atoms with E-state index in [0.717, 1.165) is 23.8 Å². The Morgan fingerprint density at radius 2 is 1.70 bits per heavy atom. The largest absolute Gasteiger partial charge is 0.133 e. The standard InChI is InChI=1S/C18H28Cl2/c1-13(2)6-5-7-14(3)8-10-16-11-9-15(4)17(12-16)18(19)20/h9,11-14,18H,5-8,10H2,1-4H3. The van der Waals surface area contributed by atoms with Gasteiger partial charge >= 0.3 is 0 Å². The van der Waals surface area contributed by atoms with Crippen LogP contribution in [0.4, 0.5) is 0 Å². The number of rotatable bonds is 8. The summed E-state index contributed by atoms with van der Waals surface area (Å²) in [7, 11) is 0. The highest BCUT2D eigenvalue weighted by molar-refractivity contribution is 6.44. The highest BCUT2D eigenvalue weighted by atomic mass is 35.5. The zero-order valence-electron chi connectivity index (χ0n) is 13.3. The van der Waals surface area contributed by atoms with Crippen molar-refractivity contribution in [3.05, 3.63) is 34.9 Å². The SMILES string of the molecule is Cc1ccc(CCC(C)CCCC(C)C)cc1C(Cl)Cl. The molecule has 0 aliphatic carbocycles. The molecule has 0 fully saturated rings. The summed E-state index contributed by atoms with van der Waals surface area (Å²) in [4.78, 5) is -0.418. The molecule has 1 aromatic carbocycles. The molecule has 0 nitrogen and oxygen atoms in total. The van der Waals surface area contributed by atoms with E-state index in [1.54, 1.807) is 0 Å². The fourth-order valence-corrected chi connectivity index (χ4v) is 2.98. The third-order valence-corrected chi connectivity index (χ3v) is 4.45. The maximum atomic E-state index is 6.01. The van der Waals surface area contributed by atoms with Crippen LogP contribution in [0.5, 0.6) is 0 Å². The van der Waals surface area contributed by atoms with E-state index in [-0.39, 0.29) is 0 Å². The first kappa shape index (κ1) is 17.9. The zero-order valence-corrected chi connectivity index (χ0v) is 14.8. The molecule has 0 N–H and O–H groups in total. The minimum Gasteiger partial charge on any atom is -0.100 e. The second kappa shape index (κ2) is 8.95. The molecule has 1 aromatic rings. The first-order chi connectivity index (χ1) is 9.40. The van der Waals surface area contributed by atoms with Gasteiger partial charge in [-0.1, -0.05) is 58.2 Å². The highest BCUT2D eigenvalue weighted by Gasteiger charge is 2.09. The van der Waals surface area contributed by atoms with Crippen LogP contribution in [0.25, 0.3) is 0 Å². The van der Waals surface area contributed by atoms with Gasteiger partial charge in [0.05, 0.1) is 0 Å². The van der Waals surface area contributed by atoms with Crippen LogP contribution in [-0.2, 0) is 6.42 Å². The molecule has 2 heteroatoms. The van der Waals surface area contributed by atoms with Gasteiger partial charge in [-0.2, -0.15) is 0 Å². The number of hydrogen-bond acceptors (Lipinski definition) is 0. The van der Waals surface area contributed by atoms with E-state index < -0.39 is 4.84 Å². The number of halogens is 2. The topological polar surface area (TPSA) is 0 Å². The van der Waals surface area contributed by atoms with Crippen molar-refractivity contribution in [2.24, 2.45) is 11.8 Å². The van der Waals surface area contributed by atoms with Gasteiger partial charge in [-0.3, -0.25) is 0 Å². The van der Waals surface area contributed by atoms with Crippen LogP contribution in [0.1, 0.15) is 68.0 Å². The van der Waals surface area contributed by atoms with Gasteiger partial charge in [0.2, 0.25) is 0 Å². The van der Waals surface area contributed by atoms with Crippen LogP contribution in [0.2, 0.25) is 0 Å². The molecule has 0 radical (unpaired) electrons. The van der Waals surface area contributed by atoms with Gasteiger partial charge in [0, 0.05) is 0 Å². The maximum absolute atomic E-state index is 6.01. The van der Waals surface area contributed by atoms with Crippen molar-refractivity contribution >= 4 is 23.2 Å². The molecule has 0 saturated heterocycles. The second-order valence-corrected chi connectivity index (χ2v) is 7.56. The summed E-state index contributed by atoms with van der Waals surface area (Å²) in [6.45, 7) is 9.02. The minimum atomic E-state index is -0.418. The number of hydrogen-bond donors (Lipinski definition) is 0. The lowest BCUT2D eigenvalue weighted by Gasteiger charge is -2.14. The van der Waals surface area contributed by atoms with E-state index in [1.807, 2.05) is 0 Å². The van der Waals surface area contributed by atoms with Crippen LogP contribution in [0, 0.1) is 18.8 Å². The average Bonchev–Trinajstić information content (AvgIpc) is 2.37. The van der Waals surface area contributed by atoms with Gasteiger partial charge in [-0.15, -0.1) is 23.2 Å². The molecule has 20 heavy (non-hydrogen) atoms. The van der Waals surface area contributed by atoms with Crippen molar-refractivity contribution in [2.45, 2.75) is 64.6 Å². The van der Waals surface area contributed by atoms with Gasteiger partial charge in [-0.25, -0.2) is 0 Å². The lowest BCUT2D eigenvalue weighted by atomic mass is 9.93. The summed E-state index contributed by atoms with van der Waals surface area (Å²) in [6.07, 6.45) is 6.40. The van der Waals surface area contributed by atoms with Crippen molar-refractivity contribution in [2.75, 3.05) is 0 Å². The summed E-state index contributed by atoms with van der Waals surface area (Å²) in [5.74, 6) is 1.62. The predicted octanol–water partition coefficient (Wildman–Crippen LogP) is 6.87. The third kappa shape index (κ3) is 6.50. The van der Waals surface area contributed by atoms with E-state index in [0.29, 0.717) is 0 Å². The van der Waals surface area contributed by atoms with Crippen molar-refractivity contribution < 1.29 is 0 Å². The average molecular weight is 315 g/mol. The summed E-state index contributed by atoms with van der Waals surface area (Å²) in [5.41, 5.74) is 3.58. The molecular weight excluding hydrogens is 287 g/mol. The zero-order chi connectivity index (χ0) is 15.1. The normalized spacial score (nSPS) is 13.2. The Morgan fingerprint density at radius 3 is 2.30 bits per heavy atom. The van der Waals surface area contributed by atoms with Crippen LogP contribution in [-0.4, -0.2) is 0 Å². The van der Waals surface area contributed by atoms with Gasteiger partial charge < -0.3 is 0 Å². The highest BCUT2D eigenvalue weighted by Crippen LogP contribution is 2.29. The van der Waals surface area contributed by atoms with Gasteiger partial charge in [0.25, 0.3) is 0 Å². The number of benzene rings is 1. The maximum Gasteiger partial charge on any atom is 0.133 e. The Morgan fingerprint density at radius 1 is 1.00 bits per heavy atom. The summed E-state index contributed by atoms with van der Waals surface area (Å²) in [6, 6.07) is 6.50. The van der Waals surface area contributed by atoms with Gasteiger partial charge in [0.1, 0.15) is 4.84 Å². The van der Waals surface area contributed by atoms with E-state index in [2.05, 4.69) is 45.9 Å². The van der Waals surface area contributed by atoms with E-state index in [4.69, 9.17) is 23.2 Å². The Bertz CT molecular complexity index is 396. The second-order valence-electron chi connectivity index (χ2n) is 6.46. The van der Waals surface area contributed by atoms with Crippen molar-refractivity contribution in [3.63, 3.8) is 0 Å². The Hall–Kier alpha value is -0.200. The molecule has 0 spiro atoms. The molecule has 0 amide bonds. The fourth-order valence-electron chi connectivity index (χ4n) is 2.51. The Kier molecular flexibility index (Phi) is 7.99. The number of aryl methyl sites for hydroxylation is 2. The molecule has 0 aliphatic rings. The van der Waals surface area contributed by atoms with Crippen molar-refractivity contribution in [1.29, 1.82) is 0 Å². The Labute approximate surface area is 134 Å². The summed E-state index contributed by atoms with van der Waals surface area (Å²) < 4.78 is 0. The third-order valence-electron chi connectivity index (χ3n) is 3.98. The monoisotopic (exact) mass is 314 g/mol. The molecule has 0 heterocycles. The van der Waals surface area contributed by atoms with E-state index >= 15 is 0 Å². The fraction of sp³-hybridized carbons (Fsp3) is 0.667. The van der Waals surface area contributed by atoms with Crippen LogP contribution >= 0.6 is 23.2 Å². The molecule has 0 bridgehead atoms. The van der Waals surface area contributed by atoms with Gasteiger partial charge in [-0.05, 0) is 48.3 Å². The molecule has 0 aromatic heterocycles.